The Bertz CT molecular complexity index is 1250. The van der Waals surface area contributed by atoms with Gasteiger partial charge in [0.15, 0.2) is 0 Å². The summed E-state index contributed by atoms with van der Waals surface area (Å²) in [5.74, 6) is 0.626. The molecule has 0 saturated heterocycles. The molecule has 1 aromatic heterocycles. The second-order valence-electron chi connectivity index (χ2n) is 6.60. The number of hydrogen-bond donors (Lipinski definition) is 1. The number of fused-ring (bicyclic) bond motifs is 1. The van der Waals surface area contributed by atoms with Gasteiger partial charge in [-0.05, 0) is 60.5 Å². The lowest BCUT2D eigenvalue weighted by Crippen LogP contribution is -1.93. The summed E-state index contributed by atoms with van der Waals surface area (Å²) in [6.45, 7) is 2.01. The smallest absolute Gasteiger partial charge is 0.137 e. The first-order chi connectivity index (χ1) is 13.5. The van der Waals surface area contributed by atoms with Gasteiger partial charge in [-0.3, -0.25) is 0 Å². The van der Waals surface area contributed by atoms with E-state index < -0.39 is 0 Å². The molecule has 2 N–H and O–H groups in total. The van der Waals surface area contributed by atoms with Crippen LogP contribution in [0.4, 0.5) is 5.69 Å². The van der Waals surface area contributed by atoms with Crippen LogP contribution >= 0.6 is 11.6 Å². The highest BCUT2D eigenvalue weighted by Gasteiger charge is 2.15. The molecule has 0 spiro atoms. The van der Waals surface area contributed by atoms with Crippen molar-refractivity contribution in [2.75, 3.05) is 12.8 Å². The van der Waals surface area contributed by atoms with Gasteiger partial charge in [-0.1, -0.05) is 23.7 Å². The maximum atomic E-state index is 9.37. The third-order valence-corrected chi connectivity index (χ3v) is 5.31. The van der Waals surface area contributed by atoms with E-state index in [1.54, 1.807) is 7.11 Å². The van der Waals surface area contributed by atoms with Gasteiger partial charge in [-0.25, -0.2) is 0 Å². The van der Waals surface area contributed by atoms with Gasteiger partial charge in [0, 0.05) is 28.5 Å². The molecule has 5 heteroatoms. The minimum absolute atomic E-state index is 0.539. The quantitative estimate of drug-likeness (QED) is 0.457. The number of benzene rings is 3. The summed E-state index contributed by atoms with van der Waals surface area (Å²) >= 11 is 6.35. The van der Waals surface area contributed by atoms with Gasteiger partial charge in [0.2, 0.25) is 0 Å². The first-order valence-electron chi connectivity index (χ1n) is 8.78. The van der Waals surface area contributed by atoms with Crippen LogP contribution in [0.2, 0.25) is 5.02 Å². The number of nitriles is 1. The standard InChI is InChI=1S/C23H18ClN3O/c1-14-17(4-3-5-21(14)26)19-13-27(16-7-9-23(28-2)20(24)11-16)22-8-6-15(12-25)10-18(19)22/h3-11,13H,26H2,1-2H3. The molecule has 28 heavy (non-hydrogen) atoms. The lowest BCUT2D eigenvalue weighted by atomic mass is 9.98. The van der Waals surface area contributed by atoms with Crippen LogP contribution in [-0.2, 0) is 0 Å². The number of anilines is 1. The summed E-state index contributed by atoms with van der Waals surface area (Å²) in [5.41, 5.74) is 12.4. The normalized spacial score (nSPS) is 10.8. The van der Waals surface area contributed by atoms with E-state index in [9.17, 15) is 5.26 Å². The first-order valence-corrected chi connectivity index (χ1v) is 9.16. The van der Waals surface area contributed by atoms with Crippen molar-refractivity contribution < 1.29 is 4.74 Å². The number of halogens is 1. The summed E-state index contributed by atoms with van der Waals surface area (Å²) in [6.07, 6.45) is 2.06. The molecule has 0 aliphatic carbocycles. The van der Waals surface area contributed by atoms with Crippen molar-refractivity contribution in [3.05, 3.63) is 76.9 Å². The highest BCUT2D eigenvalue weighted by atomic mass is 35.5. The number of methoxy groups -OCH3 is 1. The van der Waals surface area contributed by atoms with E-state index in [4.69, 9.17) is 22.1 Å². The predicted molar refractivity (Wildman–Crippen MR) is 114 cm³/mol. The van der Waals surface area contributed by atoms with Gasteiger partial charge in [-0.2, -0.15) is 5.26 Å². The van der Waals surface area contributed by atoms with Gasteiger partial charge in [0.1, 0.15) is 5.75 Å². The zero-order valence-electron chi connectivity index (χ0n) is 15.5. The Morgan fingerprint density at radius 2 is 1.89 bits per heavy atom. The van der Waals surface area contributed by atoms with E-state index in [0.717, 1.165) is 39.0 Å². The minimum Gasteiger partial charge on any atom is -0.495 e. The Labute approximate surface area is 168 Å². The average molecular weight is 388 g/mol. The second kappa shape index (κ2) is 6.95. The van der Waals surface area contributed by atoms with Crippen LogP contribution in [0.15, 0.2) is 60.8 Å². The Balaban J connectivity index is 2.03. The molecule has 0 unspecified atom stereocenters. The molecule has 0 radical (unpaired) electrons. The number of nitrogens with zero attached hydrogens (tertiary/aromatic N) is 2. The molecule has 0 bridgehead atoms. The molecule has 4 aromatic rings. The molecule has 4 nitrogen and oxygen atoms in total. The molecule has 0 amide bonds. The molecule has 138 valence electrons. The molecule has 4 rings (SSSR count). The molecule has 0 aliphatic rings. The SMILES string of the molecule is COc1ccc(-n2cc(-c3cccc(N)c3C)c3cc(C#N)ccc32)cc1Cl. The van der Waals surface area contributed by atoms with Crippen LogP contribution in [0, 0.1) is 18.3 Å². The summed E-state index contributed by atoms with van der Waals surface area (Å²) in [4.78, 5) is 0. The summed E-state index contributed by atoms with van der Waals surface area (Å²) < 4.78 is 7.34. The molecular weight excluding hydrogens is 370 g/mol. The van der Waals surface area contributed by atoms with Gasteiger partial charge in [0.05, 0.1) is 29.3 Å². The van der Waals surface area contributed by atoms with E-state index in [1.165, 1.54) is 0 Å². The number of nitrogen functional groups attached to an aromatic ring is 1. The monoisotopic (exact) mass is 387 g/mol. The molecule has 3 aromatic carbocycles. The summed E-state index contributed by atoms with van der Waals surface area (Å²) in [7, 11) is 1.59. The minimum atomic E-state index is 0.539. The molecule has 0 saturated carbocycles. The molecule has 0 atom stereocenters. The number of hydrogen-bond acceptors (Lipinski definition) is 3. The van der Waals surface area contributed by atoms with Crippen LogP contribution in [0.3, 0.4) is 0 Å². The van der Waals surface area contributed by atoms with Crippen LogP contribution in [-0.4, -0.2) is 11.7 Å². The third-order valence-electron chi connectivity index (χ3n) is 5.01. The van der Waals surface area contributed by atoms with E-state index >= 15 is 0 Å². The number of nitrogens with two attached hydrogens (primary N) is 1. The zero-order valence-corrected chi connectivity index (χ0v) is 16.3. The lowest BCUT2D eigenvalue weighted by Gasteiger charge is -2.09. The van der Waals surface area contributed by atoms with E-state index in [-0.39, 0.29) is 0 Å². The molecule has 0 fully saturated rings. The maximum absolute atomic E-state index is 9.37. The van der Waals surface area contributed by atoms with E-state index in [1.807, 2.05) is 61.5 Å². The largest absolute Gasteiger partial charge is 0.495 e. The van der Waals surface area contributed by atoms with Crippen LogP contribution < -0.4 is 10.5 Å². The first kappa shape index (κ1) is 18.0. The van der Waals surface area contributed by atoms with Crippen molar-refractivity contribution in [1.82, 2.24) is 4.57 Å². The Morgan fingerprint density at radius 3 is 2.61 bits per heavy atom. The lowest BCUT2D eigenvalue weighted by molar-refractivity contribution is 0.415. The van der Waals surface area contributed by atoms with Crippen molar-refractivity contribution in [3.8, 4) is 28.6 Å². The van der Waals surface area contributed by atoms with Crippen molar-refractivity contribution in [2.45, 2.75) is 6.92 Å². The zero-order chi connectivity index (χ0) is 19.8. The van der Waals surface area contributed by atoms with Crippen molar-refractivity contribution >= 4 is 28.2 Å². The fourth-order valence-electron chi connectivity index (χ4n) is 3.48. The van der Waals surface area contributed by atoms with Crippen LogP contribution in [0.1, 0.15) is 11.1 Å². The average Bonchev–Trinajstić information content (AvgIpc) is 3.08. The Kier molecular flexibility index (Phi) is 4.46. The second-order valence-corrected chi connectivity index (χ2v) is 7.00. The van der Waals surface area contributed by atoms with Crippen LogP contribution in [0.5, 0.6) is 5.75 Å². The highest BCUT2D eigenvalue weighted by molar-refractivity contribution is 6.32. The Morgan fingerprint density at radius 1 is 1.07 bits per heavy atom. The maximum Gasteiger partial charge on any atom is 0.137 e. The fraction of sp³-hybridized carbons (Fsp3) is 0.0870. The van der Waals surface area contributed by atoms with Gasteiger partial charge in [0.25, 0.3) is 0 Å². The van der Waals surface area contributed by atoms with Crippen molar-refractivity contribution in [1.29, 1.82) is 5.26 Å². The van der Waals surface area contributed by atoms with E-state index in [0.29, 0.717) is 16.3 Å². The van der Waals surface area contributed by atoms with Gasteiger partial charge >= 0.3 is 0 Å². The van der Waals surface area contributed by atoms with Crippen molar-refractivity contribution in [2.24, 2.45) is 0 Å². The molecule has 1 heterocycles. The Hall–Kier alpha value is -3.42. The van der Waals surface area contributed by atoms with Crippen LogP contribution in [0.25, 0.3) is 27.7 Å². The summed E-state index contributed by atoms with van der Waals surface area (Å²) in [5, 5.41) is 10.9. The molecule has 0 aliphatic heterocycles. The predicted octanol–water partition coefficient (Wildman–Crippen LogP) is 5.72. The van der Waals surface area contributed by atoms with Gasteiger partial charge in [-0.15, -0.1) is 0 Å². The summed E-state index contributed by atoms with van der Waals surface area (Å²) in [6, 6.07) is 19.5. The number of ether oxygens (including phenoxy) is 1. The number of rotatable bonds is 3. The number of aromatic nitrogens is 1. The van der Waals surface area contributed by atoms with Gasteiger partial charge < -0.3 is 15.0 Å². The topological polar surface area (TPSA) is 64.0 Å². The third kappa shape index (κ3) is 2.87. The molecular formula is C23H18ClN3O. The van der Waals surface area contributed by atoms with E-state index in [2.05, 4.69) is 16.8 Å². The fourth-order valence-corrected chi connectivity index (χ4v) is 3.73. The van der Waals surface area contributed by atoms with Crippen molar-refractivity contribution in [3.63, 3.8) is 0 Å². The highest BCUT2D eigenvalue weighted by Crippen LogP contribution is 2.37.